The van der Waals surface area contributed by atoms with Crippen LogP contribution in [-0.4, -0.2) is 24.4 Å². The van der Waals surface area contributed by atoms with Crippen LogP contribution in [-0.2, 0) is 20.7 Å². The Morgan fingerprint density at radius 3 is 2.37 bits per heavy atom. The number of ether oxygens (including phenoxy) is 1. The number of hydrogen-bond acceptors (Lipinski definition) is 5. The summed E-state index contributed by atoms with van der Waals surface area (Å²) in [5.41, 5.74) is 2.44. The summed E-state index contributed by atoms with van der Waals surface area (Å²) >= 11 is 0. The van der Waals surface area contributed by atoms with Crippen LogP contribution in [0.15, 0.2) is 48.5 Å². The SMILES string of the molecule is CCc1cccc(NC(=O)COC(=O)c2ccc(NC(=O)CC#N)cc2)c1. The van der Waals surface area contributed by atoms with E-state index in [1.54, 1.807) is 12.1 Å². The van der Waals surface area contributed by atoms with E-state index in [1.807, 2.05) is 25.1 Å². The molecule has 0 spiro atoms. The van der Waals surface area contributed by atoms with E-state index < -0.39 is 24.4 Å². The molecular formula is C20H19N3O4. The summed E-state index contributed by atoms with van der Waals surface area (Å²) in [6, 6.07) is 15.1. The van der Waals surface area contributed by atoms with Crippen LogP contribution < -0.4 is 10.6 Å². The highest BCUT2D eigenvalue weighted by molar-refractivity contribution is 5.96. The zero-order valence-corrected chi connectivity index (χ0v) is 14.8. The van der Waals surface area contributed by atoms with E-state index in [0.717, 1.165) is 12.0 Å². The van der Waals surface area contributed by atoms with Gasteiger partial charge in [0.05, 0.1) is 11.6 Å². The number of nitrogens with zero attached hydrogens (tertiary/aromatic N) is 1. The number of esters is 1. The highest BCUT2D eigenvalue weighted by Gasteiger charge is 2.11. The molecule has 0 unspecified atom stereocenters. The Morgan fingerprint density at radius 2 is 1.70 bits per heavy atom. The molecule has 0 fully saturated rings. The molecule has 27 heavy (non-hydrogen) atoms. The van der Waals surface area contributed by atoms with Crippen molar-refractivity contribution in [3.8, 4) is 6.07 Å². The molecule has 0 aliphatic heterocycles. The minimum atomic E-state index is -0.651. The highest BCUT2D eigenvalue weighted by atomic mass is 16.5. The first-order valence-corrected chi connectivity index (χ1v) is 8.34. The van der Waals surface area contributed by atoms with E-state index in [1.165, 1.54) is 24.3 Å². The Hall–Kier alpha value is -3.66. The van der Waals surface area contributed by atoms with Crippen molar-refractivity contribution in [1.29, 1.82) is 5.26 Å². The van der Waals surface area contributed by atoms with Crippen molar-refractivity contribution in [2.45, 2.75) is 19.8 Å². The predicted molar refractivity (Wildman–Crippen MR) is 100 cm³/mol. The topological polar surface area (TPSA) is 108 Å². The Kier molecular flexibility index (Phi) is 7.08. The molecule has 0 saturated heterocycles. The molecule has 2 N–H and O–H groups in total. The lowest BCUT2D eigenvalue weighted by Gasteiger charge is -2.08. The molecule has 0 aliphatic rings. The second-order valence-electron chi connectivity index (χ2n) is 5.64. The molecule has 138 valence electrons. The third kappa shape index (κ3) is 6.29. The Bertz CT molecular complexity index is 870. The standard InChI is InChI=1S/C20H19N3O4/c1-2-14-4-3-5-17(12-14)23-19(25)13-27-20(26)15-6-8-16(9-7-15)22-18(24)10-11-21/h3-9,12H,2,10,13H2,1H3,(H,22,24)(H,23,25). The van der Waals surface area contributed by atoms with Gasteiger partial charge in [0.2, 0.25) is 5.91 Å². The molecule has 0 atom stereocenters. The highest BCUT2D eigenvalue weighted by Crippen LogP contribution is 2.12. The van der Waals surface area contributed by atoms with E-state index >= 15 is 0 Å². The quantitative estimate of drug-likeness (QED) is 0.734. The number of hydrogen-bond donors (Lipinski definition) is 2. The summed E-state index contributed by atoms with van der Waals surface area (Å²) in [5, 5.41) is 13.6. The summed E-state index contributed by atoms with van der Waals surface area (Å²) in [6.07, 6.45) is 0.603. The maximum Gasteiger partial charge on any atom is 0.338 e. The monoisotopic (exact) mass is 365 g/mol. The van der Waals surface area contributed by atoms with Crippen LogP contribution in [0.1, 0.15) is 29.3 Å². The number of aryl methyl sites for hydroxylation is 1. The van der Waals surface area contributed by atoms with Gasteiger partial charge < -0.3 is 15.4 Å². The fraction of sp³-hybridized carbons (Fsp3) is 0.200. The lowest BCUT2D eigenvalue weighted by atomic mass is 10.1. The molecule has 2 aromatic rings. The first-order chi connectivity index (χ1) is 13.0. The first-order valence-electron chi connectivity index (χ1n) is 8.34. The fourth-order valence-corrected chi connectivity index (χ4v) is 2.25. The molecule has 7 heteroatoms. The molecule has 0 bridgehead atoms. The molecule has 2 amide bonds. The van der Waals surface area contributed by atoms with E-state index in [-0.39, 0.29) is 12.0 Å². The third-order valence-electron chi connectivity index (χ3n) is 3.60. The van der Waals surface area contributed by atoms with Gasteiger partial charge in [-0.2, -0.15) is 5.26 Å². The number of rotatable bonds is 7. The largest absolute Gasteiger partial charge is 0.452 e. The van der Waals surface area contributed by atoms with Gasteiger partial charge in [0, 0.05) is 11.4 Å². The summed E-state index contributed by atoms with van der Waals surface area (Å²) in [5.74, 6) is -1.52. The molecule has 2 rings (SSSR count). The van der Waals surface area contributed by atoms with Crippen molar-refractivity contribution in [1.82, 2.24) is 0 Å². The summed E-state index contributed by atoms with van der Waals surface area (Å²) < 4.78 is 5.00. The number of anilines is 2. The molecular weight excluding hydrogens is 346 g/mol. The fourth-order valence-electron chi connectivity index (χ4n) is 2.25. The molecule has 2 aromatic carbocycles. The first kappa shape index (κ1) is 19.7. The van der Waals surface area contributed by atoms with Crippen LogP contribution >= 0.6 is 0 Å². The van der Waals surface area contributed by atoms with Gasteiger partial charge in [0.15, 0.2) is 6.61 Å². The number of carbonyl (C=O) groups is 3. The van der Waals surface area contributed by atoms with E-state index in [4.69, 9.17) is 10.00 Å². The maximum atomic E-state index is 12.0. The minimum absolute atomic E-state index is 0.245. The number of carbonyl (C=O) groups excluding carboxylic acids is 3. The molecule has 0 saturated carbocycles. The normalized spacial score (nSPS) is 9.78. The van der Waals surface area contributed by atoms with Gasteiger partial charge in [0.1, 0.15) is 6.42 Å². The molecule has 0 radical (unpaired) electrons. The van der Waals surface area contributed by atoms with Crippen LogP contribution in [0.4, 0.5) is 11.4 Å². The van der Waals surface area contributed by atoms with Crippen LogP contribution in [0.2, 0.25) is 0 Å². The van der Waals surface area contributed by atoms with Gasteiger partial charge >= 0.3 is 5.97 Å². The zero-order valence-electron chi connectivity index (χ0n) is 14.8. The number of nitriles is 1. The van der Waals surface area contributed by atoms with Gasteiger partial charge in [-0.15, -0.1) is 0 Å². The van der Waals surface area contributed by atoms with Gasteiger partial charge in [-0.05, 0) is 48.4 Å². The number of benzene rings is 2. The van der Waals surface area contributed by atoms with Gasteiger partial charge in [-0.25, -0.2) is 4.79 Å². The zero-order chi connectivity index (χ0) is 19.6. The second-order valence-corrected chi connectivity index (χ2v) is 5.64. The van der Waals surface area contributed by atoms with Crippen LogP contribution in [0.5, 0.6) is 0 Å². The molecule has 0 aromatic heterocycles. The molecule has 7 nitrogen and oxygen atoms in total. The maximum absolute atomic E-state index is 12.0. The second kappa shape index (κ2) is 9.73. The van der Waals surface area contributed by atoms with Gasteiger partial charge in [-0.1, -0.05) is 19.1 Å². The molecule has 0 heterocycles. The van der Waals surface area contributed by atoms with Crippen LogP contribution in [0, 0.1) is 11.3 Å². The third-order valence-corrected chi connectivity index (χ3v) is 3.60. The van der Waals surface area contributed by atoms with Crippen molar-refractivity contribution in [2.75, 3.05) is 17.2 Å². The Morgan fingerprint density at radius 1 is 1.00 bits per heavy atom. The average molecular weight is 365 g/mol. The Balaban J connectivity index is 1.85. The smallest absolute Gasteiger partial charge is 0.338 e. The predicted octanol–water partition coefficient (Wildman–Crippen LogP) is 2.90. The summed E-state index contributed by atoms with van der Waals surface area (Å²) in [4.78, 5) is 35.3. The van der Waals surface area contributed by atoms with Crippen LogP contribution in [0.25, 0.3) is 0 Å². The Labute approximate surface area is 156 Å². The average Bonchev–Trinajstić information content (AvgIpc) is 2.67. The van der Waals surface area contributed by atoms with Crippen molar-refractivity contribution >= 4 is 29.2 Å². The van der Waals surface area contributed by atoms with Crippen molar-refractivity contribution in [3.05, 3.63) is 59.7 Å². The number of amides is 2. The lowest BCUT2D eigenvalue weighted by Crippen LogP contribution is -2.21. The lowest BCUT2D eigenvalue weighted by molar-refractivity contribution is -0.119. The summed E-state index contributed by atoms with van der Waals surface area (Å²) in [6.45, 7) is 1.61. The van der Waals surface area contributed by atoms with E-state index in [0.29, 0.717) is 11.4 Å². The number of nitrogens with one attached hydrogen (secondary N) is 2. The van der Waals surface area contributed by atoms with Crippen LogP contribution in [0.3, 0.4) is 0 Å². The van der Waals surface area contributed by atoms with Gasteiger partial charge in [0.25, 0.3) is 5.91 Å². The van der Waals surface area contributed by atoms with Crippen molar-refractivity contribution in [2.24, 2.45) is 0 Å². The van der Waals surface area contributed by atoms with Crippen molar-refractivity contribution < 1.29 is 19.1 Å². The summed E-state index contributed by atoms with van der Waals surface area (Å²) in [7, 11) is 0. The minimum Gasteiger partial charge on any atom is -0.452 e. The van der Waals surface area contributed by atoms with Crippen molar-refractivity contribution in [3.63, 3.8) is 0 Å². The van der Waals surface area contributed by atoms with E-state index in [2.05, 4.69) is 10.6 Å². The van der Waals surface area contributed by atoms with E-state index in [9.17, 15) is 14.4 Å². The van der Waals surface area contributed by atoms with Gasteiger partial charge in [-0.3, -0.25) is 9.59 Å². The molecule has 0 aliphatic carbocycles.